The third-order valence-electron chi connectivity index (χ3n) is 14.4. The lowest BCUT2D eigenvalue weighted by Gasteiger charge is -2.33. The minimum atomic E-state index is -3.28. The van der Waals surface area contributed by atoms with Gasteiger partial charge in [-0.25, -0.2) is 35.6 Å². The second kappa shape index (κ2) is 27.2. The number of rotatable bonds is 18. The lowest BCUT2D eigenvalue weighted by molar-refractivity contribution is -0.107. The summed E-state index contributed by atoms with van der Waals surface area (Å²) in [4.78, 5) is 50.4. The van der Waals surface area contributed by atoms with Gasteiger partial charge in [0.25, 0.3) is 11.1 Å². The first-order valence-corrected chi connectivity index (χ1v) is 29.9. The van der Waals surface area contributed by atoms with E-state index < -0.39 is 20.0 Å². The number of nitrogens with zero attached hydrogens (tertiary/aromatic N) is 8. The number of halogens is 3. The van der Waals surface area contributed by atoms with Gasteiger partial charge in [-0.15, -0.1) is 12.4 Å². The van der Waals surface area contributed by atoms with Crippen LogP contribution >= 0.6 is 12.4 Å². The number of carbonyl (C=O) groups excluding carboxylic acids is 1. The van der Waals surface area contributed by atoms with Gasteiger partial charge in [-0.2, -0.15) is 8.61 Å². The average Bonchev–Trinajstić information content (AvgIpc) is 4.46. The Morgan fingerprint density at radius 2 is 1.01 bits per heavy atom. The highest BCUT2D eigenvalue weighted by Gasteiger charge is 2.38. The predicted octanol–water partition coefficient (Wildman–Crippen LogP) is 5.06. The quantitative estimate of drug-likeness (QED) is 0.0848. The monoisotopic (exact) mass is 1160 g/mol. The number of carbonyl (C=O) groups is 1. The summed E-state index contributed by atoms with van der Waals surface area (Å²) in [7, 11) is -3.38. The zero-order chi connectivity index (χ0) is 56.4. The zero-order valence-electron chi connectivity index (χ0n) is 45.2. The number of hydrogen-bond acceptors (Lipinski definition) is 15. The second-order valence-electron chi connectivity index (χ2n) is 20.0. The summed E-state index contributed by atoms with van der Waals surface area (Å²) in [6.45, 7) is 3.55. The number of aldehydes is 1. The summed E-state index contributed by atoms with van der Waals surface area (Å²) >= 11 is 0. The Labute approximate surface area is 471 Å². The first kappa shape index (κ1) is 61.0. The van der Waals surface area contributed by atoms with Crippen LogP contribution in [0.2, 0.25) is 0 Å². The van der Waals surface area contributed by atoms with Gasteiger partial charge in [0.1, 0.15) is 29.4 Å². The molecule has 19 nitrogen and oxygen atoms in total. The largest absolute Gasteiger partial charge is 0.497 e. The molecule has 0 bridgehead atoms. The summed E-state index contributed by atoms with van der Waals surface area (Å²) in [5, 5.41) is 3.58. The van der Waals surface area contributed by atoms with Crippen molar-refractivity contribution in [1.82, 2.24) is 33.0 Å². The third-order valence-corrected chi connectivity index (χ3v) is 17.0. The van der Waals surface area contributed by atoms with E-state index in [1.807, 2.05) is 53.4 Å². The van der Waals surface area contributed by atoms with Crippen LogP contribution in [0.5, 0.6) is 11.5 Å². The molecule has 24 heteroatoms. The number of benzene rings is 4. The Hall–Kier alpha value is -6.60. The number of hydrogen-bond donors (Lipinski definition) is 2. The number of anilines is 2. The molecule has 2 aliphatic carbocycles. The van der Waals surface area contributed by atoms with Crippen molar-refractivity contribution in [2.45, 2.75) is 62.4 Å². The van der Waals surface area contributed by atoms with Crippen molar-refractivity contribution in [3.8, 4) is 22.9 Å². The molecule has 2 saturated heterocycles. The maximum atomic E-state index is 13.5. The minimum Gasteiger partial charge on any atom is -0.497 e. The van der Waals surface area contributed by atoms with E-state index in [2.05, 4.69) is 10.3 Å². The average molecular weight is 1160 g/mol. The van der Waals surface area contributed by atoms with Crippen molar-refractivity contribution in [3.05, 3.63) is 164 Å². The summed E-state index contributed by atoms with van der Waals surface area (Å²) in [6, 6.07) is 28.4. The van der Waals surface area contributed by atoms with Crippen LogP contribution in [0.3, 0.4) is 0 Å². The van der Waals surface area contributed by atoms with Crippen molar-refractivity contribution in [3.63, 3.8) is 0 Å². The van der Waals surface area contributed by atoms with E-state index in [-0.39, 0.29) is 41.0 Å². The van der Waals surface area contributed by atoms with Crippen molar-refractivity contribution < 1.29 is 39.9 Å². The Morgan fingerprint density at radius 3 is 1.39 bits per heavy atom. The minimum absolute atomic E-state index is 0. The molecule has 2 aliphatic heterocycles. The number of aromatic nitrogens is 4. The molecule has 0 spiro atoms. The van der Waals surface area contributed by atoms with Gasteiger partial charge in [-0.05, 0) is 123 Å². The fourth-order valence-corrected chi connectivity index (χ4v) is 11.3. The van der Waals surface area contributed by atoms with E-state index in [0.717, 1.165) is 43.4 Å². The second-order valence-corrected chi connectivity index (χ2v) is 23.9. The van der Waals surface area contributed by atoms with Crippen LogP contribution in [0.1, 0.15) is 60.0 Å². The van der Waals surface area contributed by atoms with Crippen molar-refractivity contribution in [1.29, 1.82) is 0 Å². The van der Waals surface area contributed by atoms with Crippen LogP contribution in [0.4, 0.5) is 20.4 Å². The van der Waals surface area contributed by atoms with E-state index in [1.54, 1.807) is 60.3 Å². The molecule has 10 rings (SSSR count). The molecule has 0 radical (unpaired) electrons. The predicted molar refractivity (Wildman–Crippen MR) is 307 cm³/mol. The third kappa shape index (κ3) is 16.1. The molecule has 6 aromatic rings. The number of methoxy groups -OCH3 is 2. The van der Waals surface area contributed by atoms with Crippen molar-refractivity contribution in [2.24, 2.45) is 5.73 Å². The molecule has 2 saturated carbocycles. The van der Waals surface area contributed by atoms with Crippen LogP contribution in [-0.4, -0.2) is 149 Å². The molecule has 80 heavy (non-hydrogen) atoms. The molecule has 3 N–H and O–H groups in total. The highest BCUT2D eigenvalue weighted by Crippen LogP contribution is 2.41. The van der Waals surface area contributed by atoms with E-state index in [4.69, 9.17) is 20.2 Å². The summed E-state index contributed by atoms with van der Waals surface area (Å²) in [5.41, 5.74) is 10.2. The molecule has 4 heterocycles. The van der Waals surface area contributed by atoms with E-state index in [9.17, 15) is 40.0 Å². The van der Waals surface area contributed by atoms with Crippen LogP contribution in [0.25, 0.3) is 11.4 Å². The lowest BCUT2D eigenvalue weighted by atomic mass is 10.1. The molecule has 4 fully saturated rings. The molecule has 0 unspecified atom stereocenters. The molecule has 2 aromatic heterocycles. The van der Waals surface area contributed by atoms with Gasteiger partial charge in [-0.3, -0.25) is 18.7 Å². The summed E-state index contributed by atoms with van der Waals surface area (Å²) in [5.74, 6) is 2.47. The number of nitrogens with two attached hydrogens (primary N) is 1. The summed E-state index contributed by atoms with van der Waals surface area (Å²) < 4.78 is 89.4. The van der Waals surface area contributed by atoms with Crippen LogP contribution in [0, 0.1) is 11.6 Å². The van der Waals surface area contributed by atoms with E-state index >= 15 is 0 Å². The first-order chi connectivity index (χ1) is 37.8. The fourth-order valence-electron chi connectivity index (χ4n) is 9.61. The van der Waals surface area contributed by atoms with Gasteiger partial charge in [-0.1, -0.05) is 24.3 Å². The highest BCUT2D eigenvalue weighted by atomic mass is 35.5. The number of nitrogens with one attached hydrogen (secondary N) is 1. The van der Waals surface area contributed by atoms with Crippen molar-refractivity contribution in [2.75, 3.05) is 95.4 Å². The van der Waals surface area contributed by atoms with Crippen LogP contribution in [0.15, 0.2) is 119 Å². The number of sulfonamides is 2. The standard InChI is InChI=1S/C28H34FN5O4S.C19H24N4O5S.C9H10FN.ClH/c1-38-24-11-9-23(10-12-24)34-19-22(4-3-13-30-26-18-25(26)20-5-7-21(29)8-6-20)31-27(28(34)35)32-14-16-33(17-15-32)39(2,36)37;1-28-17-7-5-16(6-8-17)23-14-15(4-3-13-24)20-18(19(23)25)21-9-11-22(12-10-21)29(2,26)27;10-7-3-1-6(2-4-7)8-5-9(8)11;/h5-12,19,25-26,30H,3-4,13-18H2,1-2H3;5-8,13-14H,3-4,9-12H2,1-2H3;1-4,8-9H,5,11H2;1H/t25-,26+;;8-,9+;/m0.0./s1. The normalized spacial score (nSPS) is 19.1. The van der Waals surface area contributed by atoms with E-state index in [1.165, 1.54) is 55.5 Å². The molecule has 4 aromatic carbocycles. The SMILES string of the molecule is COc1ccc(-n2cc(CCC=O)nc(N3CCN(S(C)(=O)=O)CC3)c2=O)cc1.COc1ccc(-n2cc(CCCN[C@@H]3C[C@H]3c3ccc(F)cc3)nc(N3CCN(S(C)(=O)=O)CC3)c2=O)cc1.Cl.N[C@@H]1C[C@H]1c1ccc(F)cc1. The molecule has 0 amide bonds. The van der Waals surface area contributed by atoms with Gasteiger partial charge < -0.3 is 35.1 Å². The maximum absolute atomic E-state index is 13.5. The molecular formula is C56H69ClF2N10O9S2. The maximum Gasteiger partial charge on any atom is 0.298 e. The van der Waals surface area contributed by atoms with Gasteiger partial charge in [0.05, 0.1) is 38.1 Å². The molecule has 4 aliphatic rings. The van der Waals surface area contributed by atoms with Gasteiger partial charge >= 0.3 is 0 Å². The van der Waals surface area contributed by atoms with E-state index in [0.29, 0.717) is 130 Å². The van der Waals surface area contributed by atoms with Crippen LogP contribution in [-0.2, 0) is 37.7 Å². The van der Waals surface area contributed by atoms with Crippen LogP contribution < -0.4 is 41.4 Å². The van der Waals surface area contributed by atoms with Gasteiger partial charge in [0, 0.05) is 106 Å². The fraction of sp³-hybridized carbons (Fsp3) is 0.411. The summed E-state index contributed by atoms with van der Waals surface area (Å²) in [6.07, 6.45) is 10.9. The van der Waals surface area contributed by atoms with Gasteiger partial charge in [0.15, 0.2) is 11.6 Å². The molecule has 4 atom stereocenters. The first-order valence-electron chi connectivity index (χ1n) is 26.2. The topological polar surface area (TPSA) is 225 Å². The molecular weight excluding hydrogens is 1090 g/mol. The highest BCUT2D eigenvalue weighted by molar-refractivity contribution is 7.88. The Kier molecular flexibility index (Phi) is 20.8. The number of aryl methyl sites for hydroxylation is 2. The Bertz CT molecular complexity index is 3380. The van der Waals surface area contributed by atoms with Crippen molar-refractivity contribution >= 4 is 50.4 Å². The zero-order valence-corrected chi connectivity index (χ0v) is 47.6. The Balaban J connectivity index is 0.000000197. The lowest BCUT2D eigenvalue weighted by Crippen LogP contribution is -2.50. The van der Waals surface area contributed by atoms with Gasteiger partial charge in [0.2, 0.25) is 20.0 Å². The number of piperazine rings is 2. The smallest absolute Gasteiger partial charge is 0.298 e. The molecule has 430 valence electrons. The number of ether oxygens (including phenoxy) is 2. The Morgan fingerprint density at radius 1 is 0.613 bits per heavy atom.